The summed E-state index contributed by atoms with van der Waals surface area (Å²) in [7, 11) is 0. The number of ketones is 2. The van der Waals surface area contributed by atoms with Crippen LogP contribution in [0, 0.1) is 11.8 Å². The molecule has 0 aliphatic carbocycles. The van der Waals surface area contributed by atoms with Crippen molar-refractivity contribution in [3.8, 4) is 0 Å². The van der Waals surface area contributed by atoms with Crippen molar-refractivity contribution in [3.05, 3.63) is 56.7 Å². The van der Waals surface area contributed by atoms with Gasteiger partial charge in [-0.1, -0.05) is 34.1 Å². The molecule has 0 spiro atoms. The van der Waals surface area contributed by atoms with Crippen LogP contribution in [0.1, 0.15) is 32.9 Å². The van der Waals surface area contributed by atoms with E-state index >= 15 is 0 Å². The fourth-order valence-electron chi connectivity index (χ4n) is 4.44. The molecule has 3 saturated heterocycles. The highest BCUT2D eigenvalue weighted by Gasteiger charge is 2.49. The average Bonchev–Trinajstić information content (AvgIpc) is 3.17. The van der Waals surface area contributed by atoms with Gasteiger partial charge in [-0.25, -0.2) is 0 Å². The third kappa shape index (κ3) is 3.88. The van der Waals surface area contributed by atoms with Crippen LogP contribution >= 0.6 is 27.3 Å². The summed E-state index contributed by atoms with van der Waals surface area (Å²) < 4.78 is 1.77. The van der Waals surface area contributed by atoms with Crippen molar-refractivity contribution in [3.63, 3.8) is 0 Å². The van der Waals surface area contributed by atoms with Gasteiger partial charge in [0, 0.05) is 22.9 Å². The number of carbonyl (C=O) groups is 2. The first-order valence-electron chi connectivity index (χ1n) is 8.78. The number of thiophene rings is 1. The quantitative estimate of drug-likeness (QED) is 0.461. The number of hydrogen-bond acceptors (Lipinski definition) is 3. The lowest BCUT2D eigenvalue weighted by atomic mass is 9.74. The summed E-state index contributed by atoms with van der Waals surface area (Å²) in [6.45, 7) is 3.40. The van der Waals surface area contributed by atoms with Gasteiger partial charge in [-0.2, -0.15) is 0 Å². The molecule has 4 heterocycles. The Balaban J connectivity index is 0.00000196. The minimum atomic E-state index is 0. The van der Waals surface area contributed by atoms with Crippen molar-refractivity contribution >= 4 is 38.8 Å². The van der Waals surface area contributed by atoms with Crippen molar-refractivity contribution in [2.24, 2.45) is 11.8 Å². The largest absolute Gasteiger partial charge is 1.00 e. The van der Waals surface area contributed by atoms with Crippen molar-refractivity contribution in [2.75, 3.05) is 26.2 Å². The zero-order valence-corrected chi connectivity index (χ0v) is 18.4. The first kappa shape index (κ1) is 19.9. The molecule has 0 N–H and O–H groups in total. The molecule has 0 saturated carbocycles. The molecule has 138 valence electrons. The number of halogens is 2. The van der Waals surface area contributed by atoms with Gasteiger partial charge in [0.25, 0.3) is 0 Å². The number of fused-ring (bicyclic) bond motifs is 3. The number of quaternary nitrogens is 1. The van der Waals surface area contributed by atoms with E-state index in [0.717, 1.165) is 51.9 Å². The topological polar surface area (TPSA) is 34.1 Å². The van der Waals surface area contributed by atoms with Crippen LogP contribution in [-0.4, -0.2) is 42.2 Å². The van der Waals surface area contributed by atoms with Gasteiger partial charge in [-0.15, -0.1) is 11.3 Å². The average molecular weight is 499 g/mol. The molecule has 2 aromatic rings. The van der Waals surface area contributed by atoms with Gasteiger partial charge in [-0.05, 0) is 29.5 Å². The molecule has 5 rings (SSSR count). The Labute approximate surface area is 176 Å². The number of nitrogens with zero attached hydrogens (tertiary/aromatic N) is 1. The second-order valence-electron chi connectivity index (χ2n) is 7.35. The van der Waals surface area contributed by atoms with Crippen LogP contribution in [0.15, 0.2) is 46.3 Å². The molecule has 1 unspecified atom stereocenters. The minimum absolute atomic E-state index is 0. The van der Waals surface area contributed by atoms with Crippen LogP contribution in [0.2, 0.25) is 0 Å². The highest BCUT2D eigenvalue weighted by Crippen LogP contribution is 2.40. The molecule has 0 amide bonds. The predicted octanol–water partition coefficient (Wildman–Crippen LogP) is 1.44. The summed E-state index contributed by atoms with van der Waals surface area (Å²) >= 11 is 4.95. The van der Waals surface area contributed by atoms with E-state index in [0.29, 0.717) is 12.5 Å². The molecule has 3 nitrogen and oxygen atoms in total. The van der Waals surface area contributed by atoms with Gasteiger partial charge in [0.1, 0.15) is 6.54 Å². The van der Waals surface area contributed by atoms with Crippen LogP contribution in [0.25, 0.3) is 0 Å². The van der Waals surface area contributed by atoms with E-state index in [2.05, 4.69) is 15.9 Å². The van der Waals surface area contributed by atoms with Crippen molar-refractivity contribution < 1.29 is 31.1 Å². The SMILES string of the molecule is O=C(C[N+]12CCC(CC1)C(C(=O)c1cccs1)C2)c1ccc(Br)cc1.[Br-]. The first-order valence-corrected chi connectivity index (χ1v) is 10.5. The monoisotopic (exact) mass is 497 g/mol. The molecule has 2 bridgehead atoms. The van der Waals surface area contributed by atoms with Crippen LogP contribution < -0.4 is 17.0 Å². The molecule has 3 aliphatic heterocycles. The summed E-state index contributed by atoms with van der Waals surface area (Å²) in [6.07, 6.45) is 2.13. The number of carbonyl (C=O) groups excluding carboxylic acids is 2. The van der Waals surface area contributed by atoms with Gasteiger partial charge in [0.15, 0.2) is 5.78 Å². The number of rotatable bonds is 5. The molecule has 3 aliphatic rings. The van der Waals surface area contributed by atoms with E-state index in [1.807, 2.05) is 41.8 Å². The lowest BCUT2D eigenvalue weighted by Gasteiger charge is -2.51. The van der Waals surface area contributed by atoms with E-state index in [-0.39, 0.29) is 34.5 Å². The lowest BCUT2D eigenvalue weighted by molar-refractivity contribution is -0.937. The Bertz CT molecular complexity index is 781. The zero-order valence-electron chi connectivity index (χ0n) is 14.4. The van der Waals surface area contributed by atoms with E-state index in [4.69, 9.17) is 0 Å². The van der Waals surface area contributed by atoms with Crippen LogP contribution in [0.3, 0.4) is 0 Å². The molecule has 26 heavy (non-hydrogen) atoms. The summed E-state index contributed by atoms with van der Waals surface area (Å²) in [5.74, 6) is 1.06. The van der Waals surface area contributed by atoms with E-state index in [1.165, 1.54) is 11.3 Å². The number of piperidine rings is 3. The van der Waals surface area contributed by atoms with E-state index < -0.39 is 0 Å². The van der Waals surface area contributed by atoms with Gasteiger partial charge >= 0.3 is 0 Å². The maximum atomic E-state index is 12.9. The third-order valence-electron chi connectivity index (χ3n) is 5.85. The Morgan fingerprint density at radius 1 is 1.12 bits per heavy atom. The van der Waals surface area contributed by atoms with Gasteiger partial charge < -0.3 is 21.5 Å². The van der Waals surface area contributed by atoms with Gasteiger partial charge in [0.05, 0.1) is 30.4 Å². The highest BCUT2D eigenvalue weighted by molar-refractivity contribution is 9.10. The maximum absolute atomic E-state index is 12.9. The smallest absolute Gasteiger partial charge is 0.216 e. The normalized spacial score (nSPS) is 27.0. The van der Waals surface area contributed by atoms with E-state index in [9.17, 15) is 9.59 Å². The molecule has 1 aromatic heterocycles. The van der Waals surface area contributed by atoms with Crippen LogP contribution in [-0.2, 0) is 0 Å². The minimum Gasteiger partial charge on any atom is -1.00 e. The predicted molar refractivity (Wildman–Crippen MR) is 103 cm³/mol. The zero-order chi connectivity index (χ0) is 17.4. The second-order valence-corrected chi connectivity index (χ2v) is 9.21. The standard InChI is InChI=1S/C20H21BrNO2S.BrH/c21-16-5-3-15(4-6-16)18(23)13-22-9-7-14(8-10-22)17(12-22)20(24)19-2-1-11-25-19;/h1-6,11,14,17H,7-10,12-13H2;1H/q+1;/p-1. The number of hydrogen-bond donors (Lipinski definition) is 0. The van der Waals surface area contributed by atoms with Crippen molar-refractivity contribution in [1.29, 1.82) is 0 Å². The molecule has 6 heteroatoms. The Morgan fingerprint density at radius 3 is 2.42 bits per heavy atom. The summed E-state index contributed by atoms with van der Waals surface area (Å²) in [5, 5.41) is 1.97. The molecule has 3 fully saturated rings. The van der Waals surface area contributed by atoms with Crippen LogP contribution in [0.5, 0.6) is 0 Å². The fourth-order valence-corrected chi connectivity index (χ4v) is 5.43. The molecule has 1 aromatic carbocycles. The third-order valence-corrected chi connectivity index (χ3v) is 7.26. The first-order chi connectivity index (χ1) is 12.1. The lowest BCUT2D eigenvalue weighted by Crippen LogP contribution is -3.00. The summed E-state index contributed by atoms with van der Waals surface area (Å²) in [4.78, 5) is 26.6. The fraction of sp³-hybridized carbons (Fsp3) is 0.400. The molecule has 0 radical (unpaired) electrons. The van der Waals surface area contributed by atoms with E-state index in [1.54, 1.807) is 0 Å². The Morgan fingerprint density at radius 2 is 1.81 bits per heavy atom. The van der Waals surface area contributed by atoms with Crippen LogP contribution in [0.4, 0.5) is 0 Å². The van der Waals surface area contributed by atoms with Gasteiger partial charge in [-0.3, -0.25) is 9.59 Å². The Kier molecular flexibility index (Phi) is 6.17. The highest BCUT2D eigenvalue weighted by atomic mass is 79.9. The number of benzene rings is 1. The van der Waals surface area contributed by atoms with Crippen molar-refractivity contribution in [1.82, 2.24) is 0 Å². The summed E-state index contributed by atoms with van der Waals surface area (Å²) in [6, 6.07) is 11.5. The Hall–Kier alpha value is -0.820. The molecular formula is C20H21Br2NO2S. The number of Topliss-reactive ketones (excluding diaryl/α,β-unsaturated/α-hetero) is 2. The molecule has 1 atom stereocenters. The summed E-state index contributed by atoms with van der Waals surface area (Å²) in [5.41, 5.74) is 0.768. The van der Waals surface area contributed by atoms with Crippen molar-refractivity contribution in [2.45, 2.75) is 12.8 Å². The maximum Gasteiger partial charge on any atom is 0.216 e. The second kappa shape index (κ2) is 8.05. The van der Waals surface area contributed by atoms with Gasteiger partial charge in [0.2, 0.25) is 5.78 Å². The molecular weight excluding hydrogens is 478 g/mol.